The highest BCUT2D eigenvalue weighted by Crippen LogP contribution is 2.37. The van der Waals surface area contributed by atoms with Crippen molar-refractivity contribution in [3.8, 4) is 0 Å². The molecule has 1 aliphatic heterocycles. The van der Waals surface area contributed by atoms with Gasteiger partial charge in [-0.15, -0.1) is 0 Å². The van der Waals surface area contributed by atoms with Crippen LogP contribution in [-0.2, 0) is 14.8 Å². The van der Waals surface area contributed by atoms with Gasteiger partial charge in [-0.25, -0.2) is 8.42 Å². The smallest absolute Gasteiger partial charge is 0.284 e. The molecule has 10 heteroatoms. The lowest BCUT2D eigenvalue weighted by atomic mass is 10.3. The van der Waals surface area contributed by atoms with E-state index < -0.39 is 14.9 Å². The van der Waals surface area contributed by atoms with Crippen LogP contribution >= 0.6 is 27.7 Å². The zero-order valence-corrected chi connectivity index (χ0v) is 16.7. The molecule has 1 saturated heterocycles. The molecule has 0 N–H and O–H groups in total. The van der Waals surface area contributed by atoms with Gasteiger partial charge in [0.05, 0.1) is 27.9 Å². The lowest BCUT2D eigenvalue weighted by Crippen LogP contribution is -2.40. The molecule has 0 unspecified atom stereocenters. The van der Waals surface area contributed by atoms with Crippen LogP contribution in [0.1, 0.15) is 0 Å². The molecule has 0 aliphatic carbocycles. The molecule has 1 aliphatic rings. The lowest BCUT2D eigenvalue weighted by Gasteiger charge is -2.26. The number of sulfonamides is 1. The molecule has 0 aromatic heterocycles. The molecular weight excluding hydrogens is 444 g/mol. The Morgan fingerprint density at radius 2 is 1.77 bits per heavy atom. The van der Waals surface area contributed by atoms with E-state index >= 15 is 0 Å². The minimum atomic E-state index is -3.78. The van der Waals surface area contributed by atoms with E-state index in [9.17, 15) is 18.5 Å². The highest BCUT2D eigenvalue weighted by atomic mass is 79.9. The van der Waals surface area contributed by atoms with Gasteiger partial charge in [-0.3, -0.25) is 10.1 Å². The first kappa shape index (κ1) is 19.3. The summed E-state index contributed by atoms with van der Waals surface area (Å²) < 4.78 is 32.8. The Balaban J connectivity index is 1.93. The zero-order chi connectivity index (χ0) is 18.7. The fourth-order valence-corrected chi connectivity index (χ4v) is 5.05. The van der Waals surface area contributed by atoms with Gasteiger partial charge in [-0.2, -0.15) is 4.31 Å². The van der Waals surface area contributed by atoms with E-state index in [4.69, 9.17) is 4.74 Å². The highest BCUT2D eigenvalue weighted by Gasteiger charge is 2.29. The molecule has 1 fully saturated rings. The summed E-state index contributed by atoms with van der Waals surface area (Å²) in [5.41, 5.74) is -0.229. The molecule has 7 nitrogen and oxygen atoms in total. The summed E-state index contributed by atoms with van der Waals surface area (Å²) in [7, 11) is -3.78. The minimum absolute atomic E-state index is 0.0775. The van der Waals surface area contributed by atoms with Crippen LogP contribution in [0.2, 0.25) is 0 Å². The van der Waals surface area contributed by atoms with E-state index in [0.29, 0.717) is 18.1 Å². The van der Waals surface area contributed by atoms with Crippen LogP contribution in [0.25, 0.3) is 0 Å². The Bertz CT molecular complexity index is 913. The van der Waals surface area contributed by atoms with E-state index in [1.165, 1.54) is 28.2 Å². The fourth-order valence-electron chi connectivity index (χ4n) is 2.45. The lowest BCUT2D eigenvalue weighted by molar-refractivity contribution is -0.388. The maximum absolute atomic E-state index is 12.7. The van der Waals surface area contributed by atoms with E-state index in [2.05, 4.69) is 15.9 Å². The molecular formula is C16H15BrN2O5S2. The molecule has 2 aromatic carbocycles. The predicted molar refractivity (Wildman–Crippen MR) is 101 cm³/mol. The minimum Gasteiger partial charge on any atom is -0.379 e. The molecule has 0 radical (unpaired) electrons. The number of halogens is 1. The number of nitrogens with zero attached hydrogens (tertiary/aromatic N) is 2. The molecule has 26 heavy (non-hydrogen) atoms. The summed E-state index contributed by atoms with van der Waals surface area (Å²) in [6.45, 7) is 1.12. The van der Waals surface area contributed by atoms with Crippen LogP contribution in [0.4, 0.5) is 5.69 Å². The third-order valence-corrected chi connectivity index (χ3v) is 7.27. The van der Waals surface area contributed by atoms with Crippen molar-refractivity contribution in [2.45, 2.75) is 14.7 Å². The molecule has 0 bridgehead atoms. The molecule has 138 valence electrons. The van der Waals surface area contributed by atoms with Crippen molar-refractivity contribution in [3.63, 3.8) is 0 Å². The van der Waals surface area contributed by atoms with Crippen molar-refractivity contribution in [3.05, 3.63) is 57.1 Å². The van der Waals surface area contributed by atoms with Crippen molar-refractivity contribution in [2.24, 2.45) is 0 Å². The van der Waals surface area contributed by atoms with Gasteiger partial charge in [-0.1, -0.05) is 27.7 Å². The summed E-state index contributed by atoms with van der Waals surface area (Å²) in [6, 6.07) is 11.4. The number of rotatable bonds is 5. The number of hydrogen-bond donors (Lipinski definition) is 0. The SMILES string of the molecule is O=[N+]([O-])c1cc(S(=O)(=O)N2CCOCC2)ccc1Sc1ccc(Br)cc1. The highest BCUT2D eigenvalue weighted by molar-refractivity contribution is 9.10. The Labute approximate surface area is 163 Å². The van der Waals surface area contributed by atoms with Crippen LogP contribution in [0.15, 0.2) is 61.6 Å². The van der Waals surface area contributed by atoms with Crippen molar-refractivity contribution in [2.75, 3.05) is 26.3 Å². The predicted octanol–water partition coefficient (Wildman–Crippen LogP) is 3.53. The van der Waals surface area contributed by atoms with Crippen LogP contribution in [-0.4, -0.2) is 43.9 Å². The van der Waals surface area contributed by atoms with Crippen molar-refractivity contribution >= 4 is 43.4 Å². The van der Waals surface area contributed by atoms with Gasteiger partial charge in [-0.05, 0) is 36.4 Å². The van der Waals surface area contributed by atoms with Crippen LogP contribution < -0.4 is 0 Å². The van der Waals surface area contributed by atoms with Crippen LogP contribution in [0.3, 0.4) is 0 Å². The van der Waals surface area contributed by atoms with Crippen molar-refractivity contribution in [1.29, 1.82) is 0 Å². The summed E-state index contributed by atoms with van der Waals surface area (Å²) in [4.78, 5) is 12.1. The molecule has 0 amide bonds. The second kappa shape index (κ2) is 8.05. The van der Waals surface area contributed by atoms with Gasteiger partial charge >= 0.3 is 0 Å². The Kier molecular flexibility index (Phi) is 5.98. The quantitative estimate of drug-likeness (QED) is 0.502. The number of nitro groups is 1. The fraction of sp³-hybridized carbons (Fsp3) is 0.250. The average molecular weight is 459 g/mol. The van der Waals surface area contributed by atoms with E-state index in [1.807, 2.05) is 24.3 Å². The van der Waals surface area contributed by atoms with E-state index in [0.717, 1.165) is 15.4 Å². The largest absolute Gasteiger partial charge is 0.379 e. The summed E-state index contributed by atoms with van der Waals surface area (Å²) in [6.07, 6.45) is 0. The first-order valence-corrected chi connectivity index (χ1v) is 10.7. The molecule has 1 heterocycles. The second-order valence-electron chi connectivity index (χ2n) is 5.46. The first-order chi connectivity index (χ1) is 12.4. The molecule has 2 aromatic rings. The maximum Gasteiger partial charge on any atom is 0.284 e. The van der Waals surface area contributed by atoms with Gasteiger partial charge in [0, 0.05) is 28.5 Å². The standard InChI is InChI=1S/C16H15BrN2O5S2/c17-12-1-3-13(4-2-12)25-16-6-5-14(11-15(16)19(20)21)26(22,23)18-7-9-24-10-8-18/h1-6,11H,7-10H2. The van der Waals surface area contributed by atoms with Gasteiger partial charge in [0.1, 0.15) is 0 Å². The summed E-state index contributed by atoms with van der Waals surface area (Å²) in [5.74, 6) is 0. The number of hydrogen-bond acceptors (Lipinski definition) is 6. The Morgan fingerprint density at radius 1 is 1.12 bits per heavy atom. The average Bonchev–Trinajstić information content (AvgIpc) is 2.64. The van der Waals surface area contributed by atoms with Gasteiger partial charge in [0.15, 0.2) is 0 Å². The maximum atomic E-state index is 12.7. The molecule has 0 spiro atoms. The Hall–Kier alpha value is -1.46. The summed E-state index contributed by atoms with van der Waals surface area (Å²) >= 11 is 4.56. The van der Waals surface area contributed by atoms with Crippen LogP contribution in [0, 0.1) is 10.1 Å². The molecule has 3 rings (SSSR count). The summed E-state index contributed by atoms with van der Waals surface area (Å²) in [5, 5.41) is 11.5. The van der Waals surface area contributed by atoms with Gasteiger partial charge < -0.3 is 4.74 Å². The molecule has 0 saturated carbocycles. The van der Waals surface area contributed by atoms with Crippen molar-refractivity contribution < 1.29 is 18.1 Å². The number of benzene rings is 2. The van der Waals surface area contributed by atoms with E-state index in [-0.39, 0.29) is 23.7 Å². The number of morpholine rings is 1. The van der Waals surface area contributed by atoms with Gasteiger partial charge in [0.25, 0.3) is 5.69 Å². The third-order valence-electron chi connectivity index (χ3n) is 3.78. The zero-order valence-electron chi connectivity index (χ0n) is 13.5. The normalized spacial score (nSPS) is 15.7. The van der Waals surface area contributed by atoms with Crippen molar-refractivity contribution in [1.82, 2.24) is 4.31 Å². The third kappa shape index (κ3) is 4.26. The first-order valence-electron chi connectivity index (χ1n) is 7.68. The van der Waals surface area contributed by atoms with E-state index in [1.54, 1.807) is 0 Å². The monoisotopic (exact) mass is 458 g/mol. The number of ether oxygens (including phenoxy) is 1. The van der Waals surface area contributed by atoms with Crippen LogP contribution in [0.5, 0.6) is 0 Å². The molecule has 0 atom stereocenters. The second-order valence-corrected chi connectivity index (χ2v) is 9.43. The van der Waals surface area contributed by atoms with Gasteiger partial charge in [0.2, 0.25) is 10.0 Å². The Morgan fingerprint density at radius 3 is 2.38 bits per heavy atom. The number of nitro benzene ring substituents is 1. The topological polar surface area (TPSA) is 89.8 Å².